The number of carbonyl (C=O) groups excluding carboxylic acids is 1. The Bertz CT molecular complexity index is 1260. The lowest BCUT2D eigenvalue weighted by molar-refractivity contribution is -0.115. The number of hydrogen-bond donors (Lipinski definition) is 2. The molecule has 33 heavy (non-hydrogen) atoms. The zero-order chi connectivity index (χ0) is 22.6. The molecule has 2 heterocycles. The molecule has 1 amide bonds. The van der Waals surface area contributed by atoms with Crippen molar-refractivity contribution >= 4 is 28.4 Å². The van der Waals surface area contributed by atoms with Crippen LogP contribution in [0.3, 0.4) is 0 Å². The van der Waals surface area contributed by atoms with Gasteiger partial charge in [0.05, 0.1) is 36.8 Å². The Morgan fingerprint density at radius 3 is 2.61 bits per heavy atom. The number of amides is 1. The van der Waals surface area contributed by atoms with Crippen molar-refractivity contribution in [3.63, 3.8) is 0 Å². The molecule has 0 aliphatic carbocycles. The third-order valence-corrected chi connectivity index (χ3v) is 5.66. The molecule has 1 saturated heterocycles. The zero-order valence-electron chi connectivity index (χ0n) is 18.1. The van der Waals surface area contributed by atoms with Gasteiger partial charge in [-0.05, 0) is 41.0 Å². The highest BCUT2D eigenvalue weighted by molar-refractivity contribution is 5.92. The van der Waals surface area contributed by atoms with Crippen LogP contribution >= 0.6 is 0 Å². The molecule has 1 unspecified atom stereocenters. The lowest BCUT2D eigenvalue weighted by Crippen LogP contribution is -2.47. The molecule has 3 N–H and O–H groups in total. The number of hydrogen-bond acceptors (Lipinski definition) is 6. The molecular formula is C26H25N5O2. The van der Waals surface area contributed by atoms with Crippen LogP contribution in [0, 0.1) is 0 Å². The fraction of sp³-hybridized carbons (Fsp3) is 0.192. The van der Waals surface area contributed by atoms with E-state index in [1.54, 1.807) is 6.20 Å². The van der Waals surface area contributed by atoms with Crippen LogP contribution in [-0.4, -0.2) is 41.8 Å². The predicted molar refractivity (Wildman–Crippen MR) is 130 cm³/mol. The van der Waals surface area contributed by atoms with E-state index in [0.717, 1.165) is 45.8 Å². The van der Waals surface area contributed by atoms with Gasteiger partial charge in [-0.25, -0.2) is 4.98 Å². The van der Waals surface area contributed by atoms with E-state index in [2.05, 4.69) is 15.2 Å². The number of morpholine rings is 1. The van der Waals surface area contributed by atoms with Crippen molar-refractivity contribution in [3.8, 4) is 11.1 Å². The molecule has 0 bridgehead atoms. The normalized spacial score (nSPS) is 16.0. The molecule has 7 heteroatoms. The molecule has 1 aliphatic heterocycles. The minimum absolute atomic E-state index is 0.0368. The molecule has 1 fully saturated rings. The van der Waals surface area contributed by atoms with Crippen LogP contribution in [0.25, 0.3) is 22.2 Å². The minimum atomic E-state index is -0.311. The van der Waals surface area contributed by atoms with Gasteiger partial charge < -0.3 is 20.7 Å². The average Bonchev–Trinajstić information content (AvgIpc) is 2.84. The van der Waals surface area contributed by atoms with Gasteiger partial charge in [-0.15, -0.1) is 0 Å². The summed E-state index contributed by atoms with van der Waals surface area (Å²) < 4.78 is 5.42. The second kappa shape index (κ2) is 9.36. The average molecular weight is 440 g/mol. The van der Waals surface area contributed by atoms with Gasteiger partial charge in [-0.3, -0.25) is 9.78 Å². The number of ether oxygens (including phenoxy) is 1. The first-order chi connectivity index (χ1) is 16.1. The van der Waals surface area contributed by atoms with Crippen LogP contribution < -0.4 is 16.0 Å². The van der Waals surface area contributed by atoms with Crippen LogP contribution in [0.15, 0.2) is 79.0 Å². The molecule has 0 saturated carbocycles. The molecule has 3 aromatic carbocycles. The highest BCUT2D eigenvalue weighted by Gasteiger charge is 2.19. The van der Waals surface area contributed by atoms with Crippen molar-refractivity contribution in [2.24, 2.45) is 5.73 Å². The Morgan fingerprint density at radius 1 is 1.03 bits per heavy atom. The highest BCUT2D eigenvalue weighted by Crippen LogP contribution is 2.26. The first kappa shape index (κ1) is 21.1. The number of rotatable bonds is 5. The van der Waals surface area contributed by atoms with Crippen LogP contribution in [0.5, 0.6) is 0 Å². The lowest BCUT2D eigenvalue weighted by atomic mass is 10.0. The standard InChI is InChI=1S/C26H25N5O2/c27-24-17-31(12-13-33-24)25-16-28-22-11-8-20(15-23(22)30-25)19-6-9-21(10-7-19)29-26(32)14-18-4-2-1-3-5-18/h1-11,15-16,24H,12-14,17,27H2,(H,29,32). The SMILES string of the molecule is NC1CN(c2cnc3ccc(-c4ccc(NC(=O)Cc5ccccc5)cc4)cc3n2)CCO1. The van der Waals surface area contributed by atoms with Gasteiger partial charge in [0.2, 0.25) is 5.91 Å². The van der Waals surface area contributed by atoms with Gasteiger partial charge in [-0.1, -0.05) is 48.5 Å². The number of nitrogens with two attached hydrogens (primary N) is 1. The molecular weight excluding hydrogens is 414 g/mol. The maximum atomic E-state index is 12.3. The quantitative estimate of drug-likeness (QED) is 0.494. The molecule has 0 spiro atoms. The fourth-order valence-corrected chi connectivity index (χ4v) is 3.95. The summed E-state index contributed by atoms with van der Waals surface area (Å²) in [5.41, 5.74) is 11.4. The van der Waals surface area contributed by atoms with Crippen molar-refractivity contribution in [2.45, 2.75) is 12.6 Å². The summed E-state index contributed by atoms with van der Waals surface area (Å²) in [4.78, 5) is 23.8. The molecule has 1 atom stereocenters. The third-order valence-electron chi connectivity index (χ3n) is 5.66. The van der Waals surface area contributed by atoms with Gasteiger partial charge in [0.1, 0.15) is 12.0 Å². The number of fused-ring (bicyclic) bond motifs is 1. The number of carbonyl (C=O) groups is 1. The maximum absolute atomic E-state index is 12.3. The second-order valence-corrected chi connectivity index (χ2v) is 8.07. The Balaban J connectivity index is 1.31. The molecule has 4 aromatic rings. The van der Waals surface area contributed by atoms with Crippen molar-refractivity contribution in [1.29, 1.82) is 0 Å². The molecule has 7 nitrogen and oxygen atoms in total. The summed E-state index contributed by atoms with van der Waals surface area (Å²) in [6, 6.07) is 23.6. The van der Waals surface area contributed by atoms with Crippen molar-refractivity contribution < 1.29 is 9.53 Å². The van der Waals surface area contributed by atoms with Crippen molar-refractivity contribution in [1.82, 2.24) is 9.97 Å². The van der Waals surface area contributed by atoms with Crippen molar-refractivity contribution in [2.75, 3.05) is 29.9 Å². The highest BCUT2D eigenvalue weighted by atomic mass is 16.5. The van der Waals surface area contributed by atoms with Gasteiger partial charge >= 0.3 is 0 Å². The maximum Gasteiger partial charge on any atom is 0.228 e. The number of nitrogens with one attached hydrogen (secondary N) is 1. The van der Waals surface area contributed by atoms with E-state index in [1.807, 2.05) is 72.8 Å². The molecule has 5 rings (SSSR count). The lowest BCUT2D eigenvalue weighted by Gasteiger charge is -2.31. The summed E-state index contributed by atoms with van der Waals surface area (Å²) in [6.45, 7) is 1.91. The van der Waals surface area contributed by atoms with Crippen molar-refractivity contribution in [3.05, 3.63) is 84.6 Å². The topological polar surface area (TPSA) is 93.4 Å². The van der Waals surface area contributed by atoms with E-state index in [1.165, 1.54) is 0 Å². The summed E-state index contributed by atoms with van der Waals surface area (Å²) in [6.07, 6.45) is 1.82. The molecule has 0 radical (unpaired) electrons. The van der Waals surface area contributed by atoms with Gasteiger partial charge in [-0.2, -0.15) is 0 Å². The summed E-state index contributed by atoms with van der Waals surface area (Å²) >= 11 is 0. The first-order valence-electron chi connectivity index (χ1n) is 11.0. The largest absolute Gasteiger partial charge is 0.360 e. The van der Waals surface area contributed by atoms with Gasteiger partial charge in [0.15, 0.2) is 0 Å². The van der Waals surface area contributed by atoms with E-state index >= 15 is 0 Å². The Kier molecular flexibility index (Phi) is 5.97. The fourth-order valence-electron chi connectivity index (χ4n) is 3.95. The summed E-state index contributed by atoms with van der Waals surface area (Å²) in [7, 11) is 0. The zero-order valence-corrected chi connectivity index (χ0v) is 18.1. The first-order valence-corrected chi connectivity index (χ1v) is 11.0. The number of anilines is 2. The molecule has 166 valence electrons. The number of aromatic nitrogens is 2. The van der Waals surface area contributed by atoms with Crippen LogP contribution in [0.1, 0.15) is 5.56 Å². The van der Waals surface area contributed by atoms with Gasteiger partial charge in [0.25, 0.3) is 0 Å². The van der Waals surface area contributed by atoms with Crippen LogP contribution in [0.4, 0.5) is 11.5 Å². The Labute approximate surface area is 192 Å². The predicted octanol–water partition coefficient (Wildman–Crippen LogP) is 3.60. The summed E-state index contributed by atoms with van der Waals surface area (Å²) in [5, 5.41) is 2.96. The van der Waals surface area contributed by atoms with Crippen LogP contribution in [0.2, 0.25) is 0 Å². The van der Waals surface area contributed by atoms with E-state index in [9.17, 15) is 4.79 Å². The monoisotopic (exact) mass is 439 g/mol. The minimum Gasteiger partial charge on any atom is -0.360 e. The Hall–Kier alpha value is -3.81. The second-order valence-electron chi connectivity index (χ2n) is 8.07. The van der Waals surface area contributed by atoms with Gasteiger partial charge in [0, 0.05) is 12.2 Å². The molecule has 1 aliphatic rings. The third kappa shape index (κ3) is 5.00. The summed E-state index contributed by atoms with van der Waals surface area (Å²) in [5.74, 6) is 0.764. The van der Waals surface area contributed by atoms with E-state index in [-0.39, 0.29) is 12.1 Å². The van der Waals surface area contributed by atoms with E-state index in [0.29, 0.717) is 19.6 Å². The van der Waals surface area contributed by atoms with Crippen LogP contribution in [-0.2, 0) is 16.0 Å². The Morgan fingerprint density at radius 2 is 1.82 bits per heavy atom. The number of benzene rings is 3. The van der Waals surface area contributed by atoms with E-state index < -0.39 is 0 Å². The smallest absolute Gasteiger partial charge is 0.228 e. The molecule has 1 aromatic heterocycles. The number of nitrogens with zero attached hydrogens (tertiary/aromatic N) is 3. The van der Waals surface area contributed by atoms with E-state index in [4.69, 9.17) is 15.5 Å².